The summed E-state index contributed by atoms with van der Waals surface area (Å²) in [6.07, 6.45) is 2.11. The van der Waals surface area contributed by atoms with Crippen molar-refractivity contribution in [3.63, 3.8) is 0 Å². The highest BCUT2D eigenvalue weighted by atomic mass is 16.7. The fourth-order valence-corrected chi connectivity index (χ4v) is 2.03. The first-order valence-corrected chi connectivity index (χ1v) is 6.32. The van der Waals surface area contributed by atoms with Crippen LogP contribution in [0.1, 0.15) is 29.6 Å². The number of benzene rings is 1. The molecule has 1 aromatic carbocycles. The Hall–Kier alpha value is -2.14. The number of carbonyl (C=O) groups is 2. The van der Waals surface area contributed by atoms with Crippen LogP contribution in [0.2, 0.25) is 0 Å². The van der Waals surface area contributed by atoms with Crippen molar-refractivity contribution in [2.75, 3.05) is 7.11 Å². The van der Waals surface area contributed by atoms with E-state index in [1.165, 1.54) is 7.11 Å². The van der Waals surface area contributed by atoms with Crippen LogP contribution in [0.25, 0.3) is 0 Å². The van der Waals surface area contributed by atoms with E-state index in [-0.39, 0.29) is 12.8 Å². The Morgan fingerprint density at radius 1 is 1.20 bits per heavy atom. The van der Waals surface area contributed by atoms with Crippen molar-refractivity contribution < 1.29 is 24.2 Å². The highest BCUT2D eigenvalue weighted by molar-refractivity contribution is 5.90. The lowest BCUT2D eigenvalue weighted by molar-refractivity contribution is -0.170. The number of methoxy groups -OCH3 is 1. The zero-order valence-corrected chi connectivity index (χ0v) is 11.2. The molecule has 1 unspecified atom stereocenters. The summed E-state index contributed by atoms with van der Waals surface area (Å²) in [5.41, 5.74) is 0.872. The summed E-state index contributed by atoms with van der Waals surface area (Å²) in [4.78, 5) is 23.2. The normalized spacial score (nSPS) is 21.8. The first kappa shape index (κ1) is 14.3. The van der Waals surface area contributed by atoms with E-state index in [0.29, 0.717) is 17.6 Å². The maximum Gasteiger partial charge on any atom is 0.340 e. The van der Waals surface area contributed by atoms with E-state index >= 15 is 0 Å². The molecule has 20 heavy (non-hydrogen) atoms. The Bertz CT molecular complexity index is 534. The lowest BCUT2D eigenvalue weighted by atomic mass is 9.94. The van der Waals surface area contributed by atoms with Gasteiger partial charge < -0.3 is 14.6 Å². The minimum absolute atomic E-state index is 0.0794. The van der Waals surface area contributed by atoms with E-state index in [9.17, 15) is 14.7 Å². The van der Waals surface area contributed by atoms with Crippen LogP contribution >= 0.6 is 0 Å². The van der Waals surface area contributed by atoms with Crippen LogP contribution in [0.15, 0.2) is 42.0 Å². The number of aliphatic hydroxyl groups is 1. The Morgan fingerprint density at radius 3 is 2.45 bits per heavy atom. The molecule has 0 radical (unpaired) electrons. The van der Waals surface area contributed by atoms with Crippen molar-refractivity contribution in [1.29, 1.82) is 0 Å². The molecule has 1 aromatic rings. The summed E-state index contributed by atoms with van der Waals surface area (Å²) >= 11 is 0. The van der Waals surface area contributed by atoms with Crippen molar-refractivity contribution in [1.82, 2.24) is 0 Å². The molecule has 0 saturated carbocycles. The third kappa shape index (κ3) is 3.24. The molecule has 0 amide bonds. The van der Waals surface area contributed by atoms with Crippen molar-refractivity contribution in [3.8, 4) is 0 Å². The number of hydrogen-bond acceptors (Lipinski definition) is 5. The zero-order chi connectivity index (χ0) is 14.6. The summed E-state index contributed by atoms with van der Waals surface area (Å²) in [6, 6.07) is 8.46. The average molecular weight is 276 g/mol. The van der Waals surface area contributed by atoms with E-state index in [4.69, 9.17) is 4.74 Å². The molecule has 2 rings (SSSR count). The van der Waals surface area contributed by atoms with Crippen LogP contribution in [0, 0.1) is 0 Å². The monoisotopic (exact) mass is 276 g/mol. The molecule has 5 nitrogen and oxygen atoms in total. The van der Waals surface area contributed by atoms with Gasteiger partial charge in [0.15, 0.2) is 0 Å². The van der Waals surface area contributed by atoms with Crippen LogP contribution in [-0.4, -0.2) is 29.9 Å². The van der Waals surface area contributed by atoms with Crippen molar-refractivity contribution in [3.05, 3.63) is 47.5 Å². The Morgan fingerprint density at radius 2 is 1.90 bits per heavy atom. The van der Waals surface area contributed by atoms with Gasteiger partial charge >= 0.3 is 11.9 Å². The summed E-state index contributed by atoms with van der Waals surface area (Å²) < 4.78 is 9.76. The number of carbonyl (C=O) groups excluding carboxylic acids is 2. The van der Waals surface area contributed by atoms with Gasteiger partial charge in [0.05, 0.1) is 12.7 Å². The Kier molecular flexibility index (Phi) is 4.20. The van der Waals surface area contributed by atoms with Gasteiger partial charge in [0, 0.05) is 18.4 Å². The second kappa shape index (κ2) is 5.88. The topological polar surface area (TPSA) is 72.8 Å². The molecule has 106 valence electrons. The van der Waals surface area contributed by atoms with Gasteiger partial charge in [0.2, 0.25) is 5.79 Å². The van der Waals surface area contributed by atoms with Crippen LogP contribution in [0.5, 0.6) is 0 Å². The molecule has 0 aromatic heterocycles. The summed E-state index contributed by atoms with van der Waals surface area (Å²) in [7, 11) is 1.30. The van der Waals surface area contributed by atoms with Gasteiger partial charge in [0.1, 0.15) is 0 Å². The Labute approximate surface area is 116 Å². The van der Waals surface area contributed by atoms with Gasteiger partial charge in [-0.2, -0.15) is 0 Å². The molecule has 5 heteroatoms. The van der Waals surface area contributed by atoms with Crippen LogP contribution in [0.4, 0.5) is 0 Å². The van der Waals surface area contributed by atoms with Crippen molar-refractivity contribution in [2.45, 2.75) is 25.0 Å². The summed E-state index contributed by atoms with van der Waals surface area (Å²) in [6.45, 7) is 0. The largest absolute Gasteiger partial charge is 0.466 e. The van der Waals surface area contributed by atoms with Gasteiger partial charge in [-0.1, -0.05) is 24.3 Å². The van der Waals surface area contributed by atoms with Crippen molar-refractivity contribution >= 4 is 11.9 Å². The predicted octanol–water partition coefficient (Wildman–Crippen LogP) is 1.82. The summed E-state index contributed by atoms with van der Waals surface area (Å²) in [5.74, 6) is -2.56. The van der Waals surface area contributed by atoms with Crippen LogP contribution < -0.4 is 0 Å². The minimum atomic E-state index is -1.57. The molecule has 0 spiro atoms. The summed E-state index contributed by atoms with van der Waals surface area (Å²) in [5, 5.41) is 10.2. The first-order valence-electron chi connectivity index (χ1n) is 6.32. The molecular weight excluding hydrogens is 260 g/mol. The van der Waals surface area contributed by atoms with E-state index in [2.05, 4.69) is 4.74 Å². The van der Waals surface area contributed by atoms with Gasteiger partial charge in [-0.15, -0.1) is 0 Å². The highest BCUT2D eigenvalue weighted by Crippen LogP contribution is 2.30. The second-order valence-electron chi connectivity index (χ2n) is 4.63. The fraction of sp³-hybridized carbons (Fsp3) is 0.333. The third-order valence-corrected chi connectivity index (χ3v) is 3.19. The third-order valence-electron chi connectivity index (χ3n) is 3.19. The average Bonchev–Trinajstić information content (AvgIpc) is 2.48. The van der Waals surface area contributed by atoms with E-state index < -0.39 is 17.7 Å². The molecule has 0 bridgehead atoms. The molecular formula is C15H16O5. The molecule has 1 aliphatic carbocycles. The minimum Gasteiger partial charge on any atom is -0.466 e. The number of hydrogen-bond donors (Lipinski definition) is 1. The molecule has 0 aliphatic heterocycles. The number of esters is 2. The van der Waals surface area contributed by atoms with Gasteiger partial charge in [-0.25, -0.2) is 9.59 Å². The lowest BCUT2D eigenvalue weighted by Crippen LogP contribution is -2.37. The standard InChI is InChI=1S/C15H16O5/c1-19-13(16)12-7-9-15(18,10-8-12)20-14(17)11-5-3-2-4-6-11/h2-7,18H,8-10H2,1H3. The van der Waals surface area contributed by atoms with Crippen LogP contribution in [0.3, 0.4) is 0 Å². The zero-order valence-electron chi connectivity index (χ0n) is 11.2. The van der Waals surface area contributed by atoms with Crippen LogP contribution in [-0.2, 0) is 14.3 Å². The number of ether oxygens (including phenoxy) is 2. The quantitative estimate of drug-likeness (QED) is 0.673. The second-order valence-corrected chi connectivity index (χ2v) is 4.63. The maximum atomic E-state index is 11.9. The van der Waals surface area contributed by atoms with E-state index in [0.717, 1.165) is 0 Å². The number of rotatable bonds is 3. The molecule has 1 atom stereocenters. The lowest BCUT2D eigenvalue weighted by Gasteiger charge is -2.30. The van der Waals surface area contributed by atoms with Gasteiger partial charge in [0.25, 0.3) is 0 Å². The van der Waals surface area contributed by atoms with E-state index in [1.54, 1.807) is 36.4 Å². The van der Waals surface area contributed by atoms with E-state index in [1.807, 2.05) is 0 Å². The molecule has 0 heterocycles. The molecule has 1 N–H and O–H groups in total. The van der Waals surface area contributed by atoms with Gasteiger partial charge in [-0.05, 0) is 18.6 Å². The molecule has 0 fully saturated rings. The Balaban J connectivity index is 2.02. The first-order chi connectivity index (χ1) is 9.54. The maximum absolute atomic E-state index is 11.9. The fourth-order valence-electron chi connectivity index (χ4n) is 2.03. The highest BCUT2D eigenvalue weighted by Gasteiger charge is 2.35. The smallest absolute Gasteiger partial charge is 0.340 e. The SMILES string of the molecule is COC(=O)C1=CCC(O)(OC(=O)c2ccccc2)CC1. The molecule has 1 aliphatic rings. The molecule has 0 saturated heterocycles. The van der Waals surface area contributed by atoms with Gasteiger partial charge in [-0.3, -0.25) is 0 Å². The predicted molar refractivity (Wildman–Crippen MR) is 70.8 cm³/mol. The van der Waals surface area contributed by atoms with Crippen molar-refractivity contribution in [2.24, 2.45) is 0 Å².